The zero-order chi connectivity index (χ0) is 11.7. The van der Waals surface area contributed by atoms with Crippen LogP contribution < -0.4 is 5.32 Å². The fourth-order valence-electron chi connectivity index (χ4n) is 1.86. The molecule has 1 aliphatic rings. The van der Waals surface area contributed by atoms with Crippen molar-refractivity contribution < 1.29 is 17.9 Å². The van der Waals surface area contributed by atoms with Crippen LogP contribution in [0.3, 0.4) is 0 Å². The number of nitrogens with one attached hydrogen (secondary N) is 1. The summed E-state index contributed by atoms with van der Waals surface area (Å²) in [4.78, 5) is 0. The van der Waals surface area contributed by atoms with Gasteiger partial charge in [-0.05, 0) is 18.3 Å². The van der Waals surface area contributed by atoms with Crippen LogP contribution >= 0.6 is 0 Å². The van der Waals surface area contributed by atoms with Crippen molar-refractivity contribution >= 4 is 0 Å². The summed E-state index contributed by atoms with van der Waals surface area (Å²) in [5, 5.41) is 3.11. The molecule has 0 bridgehead atoms. The van der Waals surface area contributed by atoms with Gasteiger partial charge >= 0.3 is 6.36 Å². The van der Waals surface area contributed by atoms with Crippen LogP contribution in [0, 0.1) is 5.41 Å². The lowest BCUT2D eigenvalue weighted by Gasteiger charge is -2.37. The van der Waals surface area contributed by atoms with Gasteiger partial charge in [0.15, 0.2) is 0 Å². The van der Waals surface area contributed by atoms with E-state index in [9.17, 15) is 13.2 Å². The summed E-state index contributed by atoms with van der Waals surface area (Å²) in [6, 6.07) is 0.269. The van der Waals surface area contributed by atoms with E-state index in [1.54, 1.807) is 0 Å². The van der Waals surface area contributed by atoms with E-state index in [1.165, 1.54) is 0 Å². The third-order valence-corrected chi connectivity index (χ3v) is 2.71. The van der Waals surface area contributed by atoms with Crippen LogP contribution in [0.15, 0.2) is 0 Å². The van der Waals surface area contributed by atoms with E-state index in [0.717, 1.165) is 6.42 Å². The minimum atomic E-state index is -4.51. The third kappa shape index (κ3) is 4.38. The normalized spacial score (nSPS) is 29.2. The number of ether oxygens (including phenoxy) is 1. The second-order valence-electron chi connectivity index (χ2n) is 5.09. The van der Waals surface area contributed by atoms with E-state index in [4.69, 9.17) is 0 Å². The van der Waals surface area contributed by atoms with Gasteiger partial charge in [0.25, 0.3) is 0 Å². The molecule has 0 aromatic rings. The first-order valence-corrected chi connectivity index (χ1v) is 5.16. The van der Waals surface area contributed by atoms with Crippen LogP contribution in [0.5, 0.6) is 0 Å². The molecule has 2 unspecified atom stereocenters. The van der Waals surface area contributed by atoms with Gasteiger partial charge in [-0.3, -0.25) is 4.74 Å². The summed E-state index contributed by atoms with van der Waals surface area (Å²) >= 11 is 0. The molecule has 1 saturated heterocycles. The first-order chi connectivity index (χ1) is 6.68. The maximum atomic E-state index is 11.9. The Hall–Kier alpha value is -0.290. The Bertz CT molecular complexity index is 202. The number of hydrogen-bond donors (Lipinski definition) is 1. The van der Waals surface area contributed by atoms with Crippen molar-refractivity contribution in [1.82, 2.24) is 5.32 Å². The summed E-state index contributed by atoms with van der Waals surface area (Å²) < 4.78 is 39.7. The number of piperidine rings is 1. The highest BCUT2D eigenvalue weighted by atomic mass is 19.4. The van der Waals surface area contributed by atoms with Crippen molar-refractivity contribution in [2.45, 2.75) is 52.1 Å². The maximum Gasteiger partial charge on any atom is 0.522 e. The lowest BCUT2D eigenvalue weighted by Crippen LogP contribution is -2.49. The summed E-state index contributed by atoms with van der Waals surface area (Å²) in [5.74, 6) is 0. The fourth-order valence-corrected chi connectivity index (χ4v) is 1.86. The highest BCUT2D eigenvalue weighted by molar-refractivity contribution is 4.86. The quantitative estimate of drug-likeness (QED) is 0.740. The Labute approximate surface area is 88.2 Å². The smallest absolute Gasteiger partial charge is 0.311 e. The lowest BCUT2D eigenvalue weighted by atomic mass is 9.81. The van der Waals surface area contributed by atoms with Gasteiger partial charge in [-0.25, -0.2) is 0 Å². The van der Waals surface area contributed by atoms with Gasteiger partial charge in [0, 0.05) is 12.6 Å². The van der Waals surface area contributed by atoms with Crippen molar-refractivity contribution in [1.29, 1.82) is 0 Å². The molecule has 2 nitrogen and oxygen atoms in total. The van der Waals surface area contributed by atoms with Crippen LogP contribution in [0.1, 0.15) is 33.6 Å². The molecule has 2 atom stereocenters. The molecule has 0 aromatic heterocycles. The zero-order valence-corrected chi connectivity index (χ0v) is 9.32. The number of alkyl halides is 3. The first-order valence-electron chi connectivity index (χ1n) is 5.16. The van der Waals surface area contributed by atoms with Crippen LogP contribution in [-0.4, -0.2) is 25.1 Å². The summed E-state index contributed by atoms with van der Waals surface area (Å²) in [6.45, 7) is 6.52. The molecule has 1 N–H and O–H groups in total. The van der Waals surface area contributed by atoms with Crippen LogP contribution in [0.4, 0.5) is 13.2 Å². The Morgan fingerprint density at radius 2 is 1.73 bits per heavy atom. The van der Waals surface area contributed by atoms with Crippen molar-refractivity contribution in [3.05, 3.63) is 0 Å². The Morgan fingerprint density at radius 1 is 1.13 bits per heavy atom. The molecule has 1 fully saturated rings. The van der Waals surface area contributed by atoms with Gasteiger partial charge in [-0.15, -0.1) is 13.2 Å². The molecule has 0 amide bonds. The lowest BCUT2D eigenvalue weighted by molar-refractivity contribution is -0.344. The molecule has 90 valence electrons. The van der Waals surface area contributed by atoms with E-state index in [1.807, 2.05) is 0 Å². The molecule has 15 heavy (non-hydrogen) atoms. The van der Waals surface area contributed by atoms with Crippen LogP contribution in [0.2, 0.25) is 0 Å². The minimum Gasteiger partial charge on any atom is -0.311 e. The van der Waals surface area contributed by atoms with Gasteiger partial charge < -0.3 is 5.32 Å². The third-order valence-electron chi connectivity index (χ3n) is 2.71. The average molecular weight is 225 g/mol. The standard InChI is InChI=1S/C10H18F3NO/c1-9(2,3)8-5-4-7(6-14-8)15-10(11,12)13/h7-8,14H,4-6H2,1-3H3. The molecule has 1 rings (SSSR count). The fraction of sp³-hybridized carbons (Fsp3) is 1.00. The van der Waals surface area contributed by atoms with Crippen molar-refractivity contribution in [3.63, 3.8) is 0 Å². The maximum absolute atomic E-state index is 11.9. The topological polar surface area (TPSA) is 21.3 Å². The molecule has 0 saturated carbocycles. The van der Waals surface area contributed by atoms with Crippen molar-refractivity contribution in [3.8, 4) is 0 Å². The first kappa shape index (κ1) is 12.8. The Morgan fingerprint density at radius 3 is 2.07 bits per heavy atom. The summed E-state index contributed by atoms with van der Waals surface area (Å²) in [7, 11) is 0. The molecule has 1 aliphatic heterocycles. The monoisotopic (exact) mass is 225 g/mol. The second kappa shape index (κ2) is 4.29. The molecule has 1 heterocycles. The van der Waals surface area contributed by atoms with E-state index in [0.29, 0.717) is 6.42 Å². The van der Waals surface area contributed by atoms with Gasteiger partial charge in [0.2, 0.25) is 0 Å². The minimum absolute atomic E-state index is 0.0865. The van der Waals surface area contributed by atoms with Crippen molar-refractivity contribution in [2.75, 3.05) is 6.54 Å². The van der Waals surface area contributed by atoms with Crippen LogP contribution in [0.25, 0.3) is 0 Å². The summed E-state index contributed by atoms with van der Waals surface area (Å²) in [6.07, 6.45) is -4.05. The van der Waals surface area contributed by atoms with Gasteiger partial charge in [0.1, 0.15) is 0 Å². The molecule has 0 aromatic carbocycles. The van der Waals surface area contributed by atoms with Gasteiger partial charge in [0.05, 0.1) is 6.10 Å². The molecule has 0 spiro atoms. The largest absolute Gasteiger partial charge is 0.522 e. The number of halogens is 3. The Balaban J connectivity index is 2.37. The van der Waals surface area contributed by atoms with E-state index < -0.39 is 12.5 Å². The van der Waals surface area contributed by atoms with E-state index in [-0.39, 0.29) is 18.0 Å². The van der Waals surface area contributed by atoms with E-state index >= 15 is 0 Å². The predicted octanol–water partition coefficient (Wildman–Crippen LogP) is 2.69. The number of hydrogen-bond acceptors (Lipinski definition) is 2. The van der Waals surface area contributed by atoms with Crippen LogP contribution in [-0.2, 0) is 4.74 Å². The molecule has 0 aliphatic carbocycles. The summed E-state index contributed by atoms with van der Waals surface area (Å²) in [5.41, 5.74) is 0.0865. The molecule has 0 radical (unpaired) electrons. The predicted molar refractivity (Wildman–Crippen MR) is 51.4 cm³/mol. The second-order valence-corrected chi connectivity index (χ2v) is 5.09. The van der Waals surface area contributed by atoms with E-state index in [2.05, 4.69) is 30.8 Å². The van der Waals surface area contributed by atoms with Gasteiger partial charge in [-0.2, -0.15) is 0 Å². The molecule has 5 heteroatoms. The molecular weight excluding hydrogens is 207 g/mol. The highest BCUT2D eigenvalue weighted by Gasteiger charge is 2.37. The van der Waals surface area contributed by atoms with Gasteiger partial charge in [-0.1, -0.05) is 20.8 Å². The number of rotatable bonds is 1. The zero-order valence-electron chi connectivity index (χ0n) is 9.32. The Kier molecular flexibility index (Phi) is 3.66. The highest BCUT2D eigenvalue weighted by Crippen LogP contribution is 2.29. The average Bonchev–Trinajstić information content (AvgIpc) is 2.00. The molecular formula is C10H18F3NO. The van der Waals surface area contributed by atoms with Crippen molar-refractivity contribution in [2.24, 2.45) is 5.41 Å². The SMILES string of the molecule is CC(C)(C)C1CCC(OC(F)(F)F)CN1.